The number of hydrogen-bond acceptors (Lipinski definition) is 3. The summed E-state index contributed by atoms with van der Waals surface area (Å²) in [5, 5.41) is 8.52. The van der Waals surface area contributed by atoms with E-state index in [0.717, 1.165) is 6.54 Å². The van der Waals surface area contributed by atoms with Gasteiger partial charge in [0.1, 0.15) is 0 Å². The molecule has 1 unspecified atom stereocenters. The van der Waals surface area contributed by atoms with Crippen molar-refractivity contribution < 1.29 is 5.21 Å². The third kappa shape index (κ3) is 1.76. The van der Waals surface area contributed by atoms with Gasteiger partial charge in [0.05, 0.1) is 6.04 Å². The van der Waals surface area contributed by atoms with Crippen LogP contribution in [-0.2, 0) is 0 Å². The molecule has 3 aliphatic heterocycles. The second kappa shape index (κ2) is 3.51. The monoisotopic (exact) mass is 184 g/mol. The molecule has 74 valence electrons. The summed E-state index contributed by atoms with van der Waals surface area (Å²) in [4.78, 5) is 6.63. The molecule has 4 N–H and O–H groups in total. The van der Waals surface area contributed by atoms with E-state index in [1.165, 1.54) is 25.9 Å². The van der Waals surface area contributed by atoms with E-state index < -0.39 is 0 Å². The predicted octanol–water partition coefficient (Wildman–Crippen LogP) is -0.626. The first-order valence-corrected chi connectivity index (χ1v) is 4.75. The van der Waals surface area contributed by atoms with E-state index in [2.05, 4.69) is 9.89 Å². The van der Waals surface area contributed by atoms with Crippen LogP contribution in [-0.4, -0.2) is 41.7 Å². The summed E-state index contributed by atoms with van der Waals surface area (Å²) in [6, 6.07) is 0.280. The molecule has 3 heterocycles. The Morgan fingerprint density at radius 1 is 1.46 bits per heavy atom. The Morgan fingerprint density at radius 3 is 2.62 bits per heavy atom. The Kier molecular flexibility index (Phi) is 2.37. The molecule has 3 saturated heterocycles. The molecule has 0 amide bonds. The molecule has 3 fully saturated rings. The predicted molar refractivity (Wildman–Crippen MR) is 49.5 cm³/mol. The topological polar surface area (TPSA) is 73.9 Å². The number of nitrogens with one attached hydrogen (secondary N) is 1. The minimum absolute atomic E-state index is 0.138. The van der Waals surface area contributed by atoms with Gasteiger partial charge in [-0.15, -0.1) is 0 Å². The second-order valence-corrected chi connectivity index (χ2v) is 3.83. The number of piperidine rings is 3. The first kappa shape index (κ1) is 8.77. The quantitative estimate of drug-likeness (QED) is 0.288. The first-order chi connectivity index (χ1) is 6.29. The van der Waals surface area contributed by atoms with Crippen molar-refractivity contribution in [3.8, 4) is 0 Å². The summed E-state index contributed by atoms with van der Waals surface area (Å²) < 4.78 is 0. The van der Waals surface area contributed by atoms with Crippen molar-refractivity contribution in [2.75, 3.05) is 19.6 Å². The van der Waals surface area contributed by atoms with Gasteiger partial charge in [-0.3, -0.25) is 5.21 Å². The normalized spacial score (nSPS) is 39.2. The molecule has 0 aromatic carbocycles. The molecule has 3 rings (SSSR count). The van der Waals surface area contributed by atoms with Gasteiger partial charge < -0.3 is 10.6 Å². The van der Waals surface area contributed by atoms with Crippen LogP contribution < -0.4 is 11.2 Å². The molecular formula is C8H16N4O. The van der Waals surface area contributed by atoms with Crippen molar-refractivity contribution in [2.24, 2.45) is 16.6 Å². The summed E-state index contributed by atoms with van der Waals surface area (Å²) in [6.45, 7) is 3.39. The molecule has 1 atom stereocenters. The Bertz CT molecular complexity index is 210. The lowest BCUT2D eigenvalue weighted by Gasteiger charge is -2.43. The van der Waals surface area contributed by atoms with E-state index in [1.54, 1.807) is 0 Å². The molecule has 0 radical (unpaired) electrons. The van der Waals surface area contributed by atoms with Crippen LogP contribution in [0.3, 0.4) is 0 Å². The van der Waals surface area contributed by atoms with E-state index >= 15 is 0 Å². The second-order valence-electron chi connectivity index (χ2n) is 3.83. The number of hydrogen-bond donors (Lipinski definition) is 3. The van der Waals surface area contributed by atoms with Crippen LogP contribution in [0.1, 0.15) is 12.8 Å². The summed E-state index contributed by atoms with van der Waals surface area (Å²) >= 11 is 0. The van der Waals surface area contributed by atoms with Crippen LogP contribution in [0.4, 0.5) is 0 Å². The largest absolute Gasteiger partial charge is 0.368 e. The fraction of sp³-hybridized carbons (Fsp3) is 0.875. The number of nitrogens with zero attached hydrogens (tertiary/aromatic N) is 2. The SMILES string of the molecule is NC(=NC1CN2CCC1CC2)NO. The van der Waals surface area contributed by atoms with Gasteiger partial charge in [0.2, 0.25) is 5.96 Å². The molecular weight excluding hydrogens is 168 g/mol. The van der Waals surface area contributed by atoms with Crippen LogP contribution in [0, 0.1) is 5.92 Å². The molecule has 5 nitrogen and oxygen atoms in total. The van der Waals surface area contributed by atoms with Gasteiger partial charge in [-0.2, -0.15) is 0 Å². The van der Waals surface area contributed by atoms with Crippen LogP contribution in [0.25, 0.3) is 0 Å². The highest BCUT2D eigenvalue weighted by Gasteiger charge is 2.33. The minimum Gasteiger partial charge on any atom is -0.368 e. The number of rotatable bonds is 1. The number of nitrogens with two attached hydrogens (primary N) is 1. The van der Waals surface area contributed by atoms with Gasteiger partial charge in [0.15, 0.2) is 0 Å². The van der Waals surface area contributed by atoms with Crippen molar-refractivity contribution in [3.05, 3.63) is 0 Å². The summed E-state index contributed by atoms with van der Waals surface area (Å²) in [5.74, 6) is 0.802. The standard InChI is InChI=1S/C8H16N4O/c9-8(11-13)10-7-5-12-3-1-6(7)2-4-12/h6-7,13H,1-5H2,(H3,9,10,11). The van der Waals surface area contributed by atoms with Crippen molar-refractivity contribution >= 4 is 5.96 Å². The number of hydroxylamine groups is 1. The fourth-order valence-corrected chi connectivity index (χ4v) is 2.29. The zero-order chi connectivity index (χ0) is 9.26. The summed E-state index contributed by atoms with van der Waals surface area (Å²) in [6.07, 6.45) is 2.43. The molecule has 0 aromatic heterocycles. The molecule has 2 bridgehead atoms. The lowest BCUT2D eigenvalue weighted by Crippen LogP contribution is -2.50. The number of fused-ring (bicyclic) bond motifs is 3. The Labute approximate surface area is 77.6 Å². The molecule has 0 aliphatic carbocycles. The zero-order valence-electron chi connectivity index (χ0n) is 7.61. The number of aliphatic imine (C=N–C) groups is 1. The van der Waals surface area contributed by atoms with Crippen molar-refractivity contribution in [3.63, 3.8) is 0 Å². The average Bonchev–Trinajstić information content (AvgIpc) is 2.19. The summed E-state index contributed by atoms with van der Waals surface area (Å²) in [5.41, 5.74) is 7.29. The highest BCUT2D eigenvalue weighted by molar-refractivity contribution is 5.76. The Balaban J connectivity index is 2.01. The highest BCUT2D eigenvalue weighted by Crippen LogP contribution is 2.29. The molecule has 0 spiro atoms. The van der Waals surface area contributed by atoms with Crippen LogP contribution in [0.2, 0.25) is 0 Å². The third-order valence-electron chi connectivity index (χ3n) is 3.04. The van der Waals surface area contributed by atoms with E-state index in [-0.39, 0.29) is 12.0 Å². The molecule has 3 aliphatic rings. The van der Waals surface area contributed by atoms with Gasteiger partial charge in [0.25, 0.3) is 0 Å². The zero-order valence-corrected chi connectivity index (χ0v) is 7.61. The van der Waals surface area contributed by atoms with Gasteiger partial charge in [0, 0.05) is 6.54 Å². The van der Waals surface area contributed by atoms with Gasteiger partial charge >= 0.3 is 0 Å². The molecule has 13 heavy (non-hydrogen) atoms. The molecule has 0 aromatic rings. The van der Waals surface area contributed by atoms with E-state index in [0.29, 0.717) is 5.92 Å². The third-order valence-corrected chi connectivity index (χ3v) is 3.04. The maximum Gasteiger partial charge on any atom is 0.213 e. The molecule has 0 saturated carbocycles. The Morgan fingerprint density at radius 2 is 2.15 bits per heavy atom. The van der Waals surface area contributed by atoms with E-state index in [9.17, 15) is 0 Å². The van der Waals surface area contributed by atoms with Crippen LogP contribution in [0.5, 0.6) is 0 Å². The van der Waals surface area contributed by atoms with Crippen LogP contribution in [0.15, 0.2) is 4.99 Å². The maximum atomic E-state index is 8.52. The van der Waals surface area contributed by atoms with Crippen molar-refractivity contribution in [2.45, 2.75) is 18.9 Å². The van der Waals surface area contributed by atoms with Gasteiger partial charge in [-0.1, -0.05) is 0 Å². The van der Waals surface area contributed by atoms with Crippen molar-refractivity contribution in [1.29, 1.82) is 0 Å². The van der Waals surface area contributed by atoms with E-state index in [1.807, 2.05) is 5.48 Å². The lowest BCUT2D eigenvalue weighted by atomic mass is 9.84. The van der Waals surface area contributed by atoms with Gasteiger partial charge in [-0.25, -0.2) is 10.5 Å². The highest BCUT2D eigenvalue weighted by atomic mass is 16.5. The number of guanidine groups is 1. The van der Waals surface area contributed by atoms with E-state index in [4.69, 9.17) is 10.9 Å². The summed E-state index contributed by atoms with van der Waals surface area (Å²) in [7, 11) is 0. The fourth-order valence-electron chi connectivity index (χ4n) is 2.29. The first-order valence-electron chi connectivity index (χ1n) is 4.75. The lowest BCUT2D eigenvalue weighted by molar-refractivity contribution is 0.0897. The molecule has 5 heteroatoms. The van der Waals surface area contributed by atoms with Crippen molar-refractivity contribution in [1.82, 2.24) is 10.4 Å². The minimum atomic E-state index is 0.138. The Hall–Kier alpha value is -0.810. The smallest absolute Gasteiger partial charge is 0.213 e. The van der Waals surface area contributed by atoms with Crippen LogP contribution >= 0.6 is 0 Å². The van der Waals surface area contributed by atoms with Gasteiger partial charge in [-0.05, 0) is 31.8 Å². The maximum absolute atomic E-state index is 8.52. The average molecular weight is 184 g/mol.